The summed E-state index contributed by atoms with van der Waals surface area (Å²) in [5.74, 6) is -0.851. The molecule has 1 rings (SSSR count). The first-order chi connectivity index (χ1) is 6.09. The van der Waals surface area contributed by atoms with E-state index in [1.165, 1.54) is 24.3 Å². The molecule has 0 unspecified atom stereocenters. The zero-order chi connectivity index (χ0) is 9.84. The van der Waals surface area contributed by atoms with Crippen molar-refractivity contribution in [2.45, 2.75) is 0 Å². The number of hydrogen-bond donors (Lipinski definition) is 3. The molecule has 0 aliphatic carbocycles. The third kappa shape index (κ3) is 4.12. The van der Waals surface area contributed by atoms with Crippen molar-refractivity contribution in [2.75, 3.05) is 0 Å². The van der Waals surface area contributed by atoms with Crippen molar-refractivity contribution in [3.8, 4) is 5.75 Å². The van der Waals surface area contributed by atoms with Gasteiger partial charge in [0.05, 0.1) is 5.56 Å². The van der Waals surface area contributed by atoms with Crippen molar-refractivity contribution in [3.05, 3.63) is 29.8 Å². The summed E-state index contributed by atoms with van der Waals surface area (Å²) in [4.78, 5) is 10.4. The average Bonchev–Trinajstić information content (AvgIpc) is 2.04. The van der Waals surface area contributed by atoms with Crippen LogP contribution >= 0.6 is 0 Å². The molecule has 0 saturated heterocycles. The first kappa shape index (κ1) is 13.5. The molecule has 7 heteroatoms. The summed E-state index contributed by atoms with van der Waals surface area (Å²) >= 11 is 0. The predicted molar refractivity (Wildman–Crippen MR) is 51.4 cm³/mol. The van der Waals surface area contributed by atoms with E-state index >= 15 is 0 Å². The Balaban J connectivity index is 0.00000169. The quantitative estimate of drug-likeness (QED) is 0.557. The molecule has 0 fully saturated rings. The molecule has 0 saturated carbocycles. The van der Waals surface area contributed by atoms with Crippen LogP contribution in [0.2, 0.25) is 0 Å². The fraction of sp³-hybridized carbons (Fsp3) is 0. The molecular weight excluding hydrogens is 198 g/mol. The van der Waals surface area contributed by atoms with Crippen LogP contribution in [0.15, 0.2) is 24.3 Å². The van der Waals surface area contributed by atoms with E-state index < -0.39 is 13.3 Å². The second-order valence-electron chi connectivity index (χ2n) is 2.27. The van der Waals surface area contributed by atoms with E-state index in [1.807, 2.05) is 0 Å². The van der Waals surface area contributed by atoms with Crippen LogP contribution in [-0.4, -0.2) is 58.0 Å². The van der Waals surface area contributed by atoms with Gasteiger partial charge in [-0.2, -0.15) is 0 Å². The van der Waals surface area contributed by atoms with Gasteiger partial charge in [0.1, 0.15) is 5.75 Å². The molecule has 0 aliphatic heterocycles. The maximum absolute atomic E-state index is 10.4. The number of carboxylic acid groups (broad SMARTS) is 1. The number of carbonyl (C=O) groups is 1. The Hall–Kier alpha value is -0.525. The number of hydrogen-bond acceptors (Lipinski definition) is 4. The second kappa shape index (κ2) is 6.05. The Kier molecular flexibility index (Phi) is 5.82. The fourth-order valence-corrected chi connectivity index (χ4v) is 0.798. The molecule has 0 radical (unpaired) electrons. The molecule has 0 atom stereocenters. The van der Waals surface area contributed by atoms with Gasteiger partial charge in [-0.05, 0) is 24.3 Å². The number of rotatable bonds is 3. The molecule has 1 aromatic rings. The first-order valence-corrected chi connectivity index (χ1v) is 3.46. The van der Waals surface area contributed by atoms with E-state index in [9.17, 15) is 4.79 Å². The van der Waals surface area contributed by atoms with Crippen molar-refractivity contribution < 1.29 is 24.6 Å². The van der Waals surface area contributed by atoms with Crippen molar-refractivity contribution in [1.82, 2.24) is 0 Å². The SMILES string of the molecule is O=C(O)c1ccc(OB(O)O)cc1.[NaH]. The van der Waals surface area contributed by atoms with Gasteiger partial charge >= 0.3 is 42.8 Å². The van der Waals surface area contributed by atoms with E-state index in [1.54, 1.807) is 0 Å². The topological polar surface area (TPSA) is 87.0 Å². The second-order valence-corrected chi connectivity index (χ2v) is 2.27. The van der Waals surface area contributed by atoms with E-state index in [-0.39, 0.29) is 40.9 Å². The number of aromatic carboxylic acids is 1. The summed E-state index contributed by atoms with van der Waals surface area (Å²) in [5.41, 5.74) is 0.111. The van der Waals surface area contributed by atoms with E-state index in [0.717, 1.165) is 0 Å². The van der Waals surface area contributed by atoms with Crippen molar-refractivity contribution in [1.29, 1.82) is 0 Å². The summed E-state index contributed by atoms with van der Waals surface area (Å²) in [7, 11) is -1.89. The van der Waals surface area contributed by atoms with E-state index in [4.69, 9.17) is 15.2 Å². The molecule has 0 aromatic heterocycles. The van der Waals surface area contributed by atoms with E-state index in [2.05, 4.69) is 4.65 Å². The van der Waals surface area contributed by atoms with Crippen LogP contribution in [0.25, 0.3) is 0 Å². The third-order valence-corrected chi connectivity index (χ3v) is 1.34. The molecule has 5 nitrogen and oxygen atoms in total. The Morgan fingerprint density at radius 1 is 1.21 bits per heavy atom. The Bertz CT molecular complexity index is 299. The van der Waals surface area contributed by atoms with Gasteiger partial charge in [-0.1, -0.05) is 0 Å². The van der Waals surface area contributed by atoms with Crippen molar-refractivity contribution >= 4 is 42.8 Å². The summed E-state index contributed by atoms with van der Waals surface area (Å²) in [6, 6.07) is 5.28. The van der Waals surface area contributed by atoms with Crippen LogP contribution in [0.5, 0.6) is 5.75 Å². The molecule has 0 spiro atoms. The van der Waals surface area contributed by atoms with Crippen LogP contribution in [0.4, 0.5) is 0 Å². The summed E-state index contributed by atoms with van der Waals surface area (Å²) in [6.07, 6.45) is 0. The van der Waals surface area contributed by atoms with E-state index in [0.29, 0.717) is 0 Å². The molecule has 0 aliphatic rings. The first-order valence-electron chi connectivity index (χ1n) is 3.46. The van der Waals surface area contributed by atoms with Crippen molar-refractivity contribution in [3.63, 3.8) is 0 Å². The van der Waals surface area contributed by atoms with Crippen LogP contribution in [0.1, 0.15) is 10.4 Å². The Labute approximate surface area is 103 Å². The normalized spacial score (nSPS) is 8.71. The zero-order valence-corrected chi connectivity index (χ0v) is 6.54. The van der Waals surface area contributed by atoms with Crippen LogP contribution in [0, 0.1) is 0 Å². The predicted octanol–water partition coefficient (Wildman–Crippen LogP) is -0.915. The minimum atomic E-state index is -1.89. The summed E-state index contributed by atoms with van der Waals surface area (Å²) in [5, 5.41) is 25.3. The third-order valence-electron chi connectivity index (χ3n) is 1.34. The Morgan fingerprint density at radius 3 is 2.07 bits per heavy atom. The standard InChI is InChI=1S/C7H7BO5.Na.H/c9-7(10)5-1-3-6(4-2-5)13-8(11)12;;/h1-4,11-12H,(H,9,10);;. The van der Waals surface area contributed by atoms with Gasteiger partial charge in [-0.3, -0.25) is 0 Å². The van der Waals surface area contributed by atoms with Gasteiger partial charge in [0.15, 0.2) is 0 Å². The maximum atomic E-state index is 10.4. The van der Waals surface area contributed by atoms with Gasteiger partial charge in [-0.15, -0.1) is 0 Å². The van der Waals surface area contributed by atoms with Gasteiger partial charge in [0.25, 0.3) is 0 Å². The minimum absolute atomic E-state index is 0. The summed E-state index contributed by atoms with van der Waals surface area (Å²) in [6.45, 7) is 0. The average molecular weight is 206 g/mol. The molecule has 0 bridgehead atoms. The van der Waals surface area contributed by atoms with Crippen LogP contribution in [-0.2, 0) is 0 Å². The summed E-state index contributed by atoms with van der Waals surface area (Å²) < 4.78 is 4.47. The molecular formula is C7H8BNaO5. The molecule has 0 heterocycles. The van der Waals surface area contributed by atoms with Crippen LogP contribution < -0.4 is 4.65 Å². The molecule has 1 aromatic carbocycles. The van der Waals surface area contributed by atoms with Gasteiger partial charge in [0.2, 0.25) is 0 Å². The zero-order valence-electron chi connectivity index (χ0n) is 6.54. The number of benzene rings is 1. The van der Waals surface area contributed by atoms with Gasteiger partial charge in [0, 0.05) is 0 Å². The Morgan fingerprint density at radius 2 is 1.71 bits per heavy atom. The fourth-order valence-electron chi connectivity index (χ4n) is 0.798. The molecule has 0 amide bonds. The molecule has 70 valence electrons. The molecule has 14 heavy (non-hydrogen) atoms. The van der Waals surface area contributed by atoms with Crippen LogP contribution in [0.3, 0.4) is 0 Å². The number of carboxylic acids is 1. The van der Waals surface area contributed by atoms with Gasteiger partial charge in [-0.25, -0.2) is 4.79 Å². The molecule has 3 N–H and O–H groups in total. The van der Waals surface area contributed by atoms with Crippen molar-refractivity contribution in [2.24, 2.45) is 0 Å². The van der Waals surface area contributed by atoms with Gasteiger partial charge < -0.3 is 19.8 Å². The monoisotopic (exact) mass is 206 g/mol.